The van der Waals surface area contributed by atoms with Gasteiger partial charge in [-0.25, -0.2) is 14.0 Å². The third kappa shape index (κ3) is 5.66. The zero-order valence-corrected chi connectivity index (χ0v) is 17.9. The molecule has 0 radical (unpaired) electrons. The monoisotopic (exact) mass is 486 g/mol. The number of amides is 3. The number of nitrogens with one attached hydrogen (secondary N) is 2. The van der Waals surface area contributed by atoms with Crippen LogP contribution in [0.5, 0.6) is 5.75 Å². The molecule has 0 aliphatic carbocycles. The number of likely N-dealkylation sites (tertiary alicyclic amines) is 2. The molecule has 1 aromatic heterocycles. The highest BCUT2D eigenvalue weighted by molar-refractivity contribution is 5.75. The molecule has 10 nitrogen and oxygen atoms in total. The number of hydrogen-bond donors (Lipinski definition) is 2. The van der Waals surface area contributed by atoms with Crippen LogP contribution in [0.3, 0.4) is 0 Å². The standard InChI is InChI=1S/C20H22F4N6O4/c21-16-7-15(34-20(22,23)24)2-1-13(16)10-33-18(32)29-5-3-19(4-6-29)11-30(12-19)17(31)25-8-14-9-26-28-27-14/h1-2,7,9H,3-6,8,10-12H2,(H,25,31)(H,26,27,28). The van der Waals surface area contributed by atoms with Crippen molar-refractivity contribution in [2.24, 2.45) is 5.41 Å². The molecular weight excluding hydrogens is 464 g/mol. The van der Waals surface area contributed by atoms with Crippen LogP contribution in [0.1, 0.15) is 24.1 Å². The molecule has 0 saturated carbocycles. The van der Waals surface area contributed by atoms with Gasteiger partial charge in [0.2, 0.25) is 0 Å². The van der Waals surface area contributed by atoms with Crippen LogP contribution in [0.15, 0.2) is 24.4 Å². The minimum Gasteiger partial charge on any atom is -0.444 e. The quantitative estimate of drug-likeness (QED) is 0.629. The van der Waals surface area contributed by atoms with Gasteiger partial charge in [0.05, 0.1) is 12.7 Å². The lowest BCUT2D eigenvalue weighted by atomic mass is 9.72. The highest BCUT2D eigenvalue weighted by atomic mass is 19.4. The smallest absolute Gasteiger partial charge is 0.444 e. The van der Waals surface area contributed by atoms with Gasteiger partial charge in [-0.3, -0.25) is 0 Å². The SMILES string of the molecule is O=C(NCc1cn[nH]n1)N1CC2(CCN(C(=O)OCc3ccc(OC(F)(F)F)cc3F)CC2)C1. The summed E-state index contributed by atoms with van der Waals surface area (Å²) in [6, 6.07) is 2.43. The summed E-state index contributed by atoms with van der Waals surface area (Å²) in [5.74, 6) is -1.66. The first kappa shape index (κ1) is 23.6. The summed E-state index contributed by atoms with van der Waals surface area (Å²) in [5.41, 5.74) is 0.506. The molecule has 1 aromatic carbocycles. The molecule has 3 heterocycles. The highest BCUT2D eigenvalue weighted by Gasteiger charge is 2.47. The fraction of sp³-hybridized carbons (Fsp3) is 0.500. The van der Waals surface area contributed by atoms with Gasteiger partial charge >= 0.3 is 18.5 Å². The van der Waals surface area contributed by atoms with Crippen molar-refractivity contribution in [1.82, 2.24) is 30.5 Å². The molecule has 3 amide bonds. The maximum Gasteiger partial charge on any atom is 0.573 e. The number of benzene rings is 1. The summed E-state index contributed by atoms with van der Waals surface area (Å²) >= 11 is 0. The van der Waals surface area contributed by atoms with Gasteiger partial charge < -0.3 is 24.6 Å². The number of ether oxygens (including phenoxy) is 2. The Balaban J connectivity index is 1.18. The van der Waals surface area contributed by atoms with Crippen LogP contribution >= 0.6 is 0 Å². The molecule has 4 rings (SSSR count). The van der Waals surface area contributed by atoms with Crippen LogP contribution in [-0.4, -0.2) is 69.9 Å². The Labute approximate surface area is 191 Å². The van der Waals surface area contributed by atoms with Gasteiger partial charge in [-0.1, -0.05) is 0 Å². The first-order valence-electron chi connectivity index (χ1n) is 10.5. The number of nitrogens with zero attached hydrogens (tertiary/aromatic N) is 4. The van der Waals surface area contributed by atoms with Crippen molar-refractivity contribution in [3.63, 3.8) is 0 Å². The first-order chi connectivity index (χ1) is 16.1. The van der Waals surface area contributed by atoms with Crippen molar-refractivity contribution < 1.29 is 36.6 Å². The first-order valence-corrected chi connectivity index (χ1v) is 10.5. The third-order valence-electron chi connectivity index (χ3n) is 5.92. The number of piperidine rings is 1. The number of rotatable bonds is 5. The molecule has 1 spiro atoms. The van der Waals surface area contributed by atoms with Crippen molar-refractivity contribution in [2.75, 3.05) is 26.2 Å². The maximum atomic E-state index is 14.0. The minimum absolute atomic E-state index is 0.0531. The molecule has 184 valence electrons. The van der Waals surface area contributed by atoms with Crippen molar-refractivity contribution >= 4 is 12.1 Å². The molecular formula is C20H22F4N6O4. The summed E-state index contributed by atoms with van der Waals surface area (Å²) < 4.78 is 59.5. The minimum atomic E-state index is -4.93. The van der Waals surface area contributed by atoms with Gasteiger partial charge in [0.15, 0.2) is 0 Å². The van der Waals surface area contributed by atoms with E-state index >= 15 is 0 Å². The average Bonchev–Trinajstić information content (AvgIpc) is 3.28. The van der Waals surface area contributed by atoms with Crippen molar-refractivity contribution in [3.05, 3.63) is 41.5 Å². The number of urea groups is 1. The molecule has 2 aliphatic rings. The third-order valence-corrected chi connectivity index (χ3v) is 5.92. The van der Waals surface area contributed by atoms with E-state index in [2.05, 4.69) is 25.5 Å². The van der Waals surface area contributed by atoms with Crippen LogP contribution in [0.2, 0.25) is 0 Å². The van der Waals surface area contributed by atoms with Crippen LogP contribution in [0.25, 0.3) is 0 Å². The van der Waals surface area contributed by atoms with Gasteiger partial charge in [-0.05, 0) is 25.0 Å². The number of hydrogen-bond acceptors (Lipinski definition) is 6. The Bertz CT molecular complexity index is 1020. The molecule has 0 unspecified atom stereocenters. The van der Waals surface area contributed by atoms with Crippen molar-refractivity contribution in [2.45, 2.75) is 32.4 Å². The fourth-order valence-electron chi connectivity index (χ4n) is 4.05. The van der Waals surface area contributed by atoms with Crippen LogP contribution in [0.4, 0.5) is 27.2 Å². The lowest BCUT2D eigenvalue weighted by molar-refractivity contribution is -0.274. The van der Waals surface area contributed by atoms with Crippen LogP contribution < -0.4 is 10.1 Å². The Morgan fingerprint density at radius 1 is 1.18 bits per heavy atom. The Morgan fingerprint density at radius 3 is 2.53 bits per heavy atom. The predicted octanol–water partition coefficient (Wildman–Crippen LogP) is 2.79. The summed E-state index contributed by atoms with van der Waals surface area (Å²) in [7, 11) is 0. The number of carbonyl (C=O) groups is 2. The molecule has 2 aliphatic heterocycles. The van der Waals surface area contributed by atoms with E-state index in [0.717, 1.165) is 12.1 Å². The van der Waals surface area contributed by atoms with E-state index in [0.29, 0.717) is 50.8 Å². The van der Waals surface area contributed by atoms with Crippen LogP contribution in [0, 0.1) is 11.2 Å². The lowest BCUT2D eigenvalue weighted by Crippen LogP contribution is -2.63. The molecule has 0 bridgehead atoms. The van der Waals surface area contributed by atoms with E-state index in [1.807, 2.05) is 0 Å². The van der Waals surface area contributed by atoms with Crippen molar-refractivity contribution in [3.8, 4) is 5.75 Å². The van der Waals surface area contributed by atoms with Gasteiger partial charge in [0.25, 0.3) is 0 Å². The molecule has 34 heavy (non-hydrogen) atoms. The van der Waals surface area contributed by atoms with Crippen molar-refractivity contribution in [1.29, 1.82) is 0 Å². The number of halogens is 4. The van der Waals surface area contributed by atoms with Gasteiger partial charge in [0, 0.05) is 43.2 Å². The lowest BCUT2D eigenvalue weighted by Gasteiger charge is -2.53. The Hall–Kier alpha value is -3.58. The zero-order chi connectivity index (χ0) is 24.3. The molecule has 0 atom stereocenters. The van der Waals surface area contributed by atoms with E-state index in [1.54, 1.807) is 4.90 Å². The number of alkyl halides is 3. The summed E-state index contributed by atoms with van der Waals surface area (Å²) in [4.78, 5) is 27.8. The number of carbonyl (C=O) groups excluding carboxylic acids is 2. The predicted molar refractivity (Wildman–Crippen MR) is 107 cm³/mol. The van der Waals surface area contributed by atoms with Gasteiger partial charge in [0.1, 0.15) is 23.9 Å². The number of aromatic nitrogens is 3. The highest BCUT2D eigenvalue weighted by Crippen LogP contribution is 2.40. The largest absolute Gasteiger partial charge is 0.573 e. The normalized spacial score (nSPS) is 17.3. The van der Waals surface area contributed by atoms with E-state index in [9.17, 15) is 27.2 Å². The Morgan fingerprint density at radius 2 is 1.91 bits per heavy atom. The second-order valence-corrected chi connectivity index (χ2v) is 8.32. The molecule has 2 N–H and O–H groups in total. The van der Waals surface area contributed by atoms with Crippen LogP contribution in [-0.2, 0) is 17.9 Å². The van der Waals surface area contributed by atoms with Gasteiger partial charge in [-0.2, -0.15) is 15.4 Å². The zero-order valence-electron chi connectivity index (χ0n) is 17.9. The summed E-state index contributed by atoms with van der Waals surface area (Å²) in [5, 5.41) is 12.8. The van der Waals surface area contributed by atoms with E-state index in [4.69, 9.17) is 4.74 Å². The Kier molecular flexibility index (Phi) is 6.48. The molecule has 2 aromatic rings. The topological polar surface area (TPSA) is 113 Å². The van der Waals surface area contributed by atoms with Gasteiger partial charge in [-0.15, -0.1) is 13.2 Å². The van der Waals surface area contributed by atoms with E-state index < -0.39 is 30.6 Å². The summed E-state index contributed by atoms with van der Waals surface area (Å²) in [6.45, 7) is 1.87. The second kappa shape index (κ2) is 9.35. The molecule has 14 heteroatoms. The van der Waals surface area contributed by atoms with E-state index in [-0.39, 0.29) is 23.6 Å². The molecule has 2 saturated heterocycles. The van der Waals surface area contributed by atoms with E-state index in [1.165, 1.54) is 11.1 Å². The second-order valence-electron chi connectivity index (χ2n) is 8.32. The maximum absolute atomic E-state index is 14.0. The average molecular weight is 486 g/mol. The summed E-state index contributed by atoms with van der Waals surface area (Å²) in [6.07, 6.45) is -2.66. The number of aromatic amines is 1. The molecule has 2 fully saturated rings. The fourth-order valence-corrected chi connectivity index (χ4v) is 4.05. The number of H-pyrrole nitrogens is 1.